The van der Waals surface area contributed by atoms with Gasteiger partial charge in [-0.1, -0.05) is 0 Å². The van der Waals surface area contributed by atoms with Crippen molar-refractivity contribution in [1.29, 1.82) is 0 Å². The first-order chi connectivity index (χ1) is 9.81. The van der Waals surface area contributed by atoms with Crippen molar-refractivity contribution >= 4 is 17.4 Å². The minimum atomic E-state index is -0.0156. The highest BCUT2D eigenvalue weighted by Crippen LogP contribution is 2.35. The zero-order valence-electron chi connectivity index (χ0n) is 14.0. The summed E-state index contributed by atoms with van der Waals surface area (Å²) in [6.07, 6.45) is 2.49. The van der Waals surface area contributed by atoms with Crippen LogP contribution in [-0.4, -0.2) is 38.1 Å². The number of benzene rings is 1. The summed E-state index contributed by atoms with van der Waals surface area (Å²) in [5.41, 5.74) is 4.28. The van der Waals surface area contributed by atoms with Crippen LogP contribution in [0.5, 0.6) is 0 Å². The lowest BCUT2D eigenvalue weighted by molar-refractivity contribution is 0.201. The molecule has 1 aromatic rings. The SMILES string of the molecule is Cc1cc(N(C)C)cc(C)c1NC(=O)N(C)C(C)C1CC1. The molecule has 1 saturated carbocycles. The number of nitrogens with zero attached hydrogens (tertiary/aromatic N) is 2. The van der Waals surface area contributed by atoms with Crippen LogP contribution in [-0.2, 0) is 0 Å². The van der Waals surface area contributed by atoms with Crippen molar-refractivity contribution in [2.24, 2.45) is 5.92 Å². The van der Waals surface area contributed by atoms with Gasteiger partial charge in [-0.3, -0.25) is 0 Å². The fourth-order valence-corrected chi connectivity index (χ4v) is 2.67. The first-order valence-electron chi connectivity index (χ1n) is 7.63. The highest BCUT2D eigenvalue weighted by atomic mass is 16.2. The van der Waals surface area contributed by atoms with Crippen molar-refractivity contribution < 1.29 is 4.79 Å². The van der Waals surface area contributed by atoms with Crippen LogP contribution in [0.15, 0.2) is 12.1 Å². The molecule has 1 fully saturated rings. The third kappa shape index (κ3) is 3.49. The van der Waals surface area contributed by atoms with Crippen LogP contribution in [0.3, 0.4) is 0 Å². The molecule has 2 amide bonds. The van der Waals surface area contributed by atoms with E-state index in [1.807, 2.05) is 39.9 Å². The first kappa shape index (κ1) is 15.7. The standard InChI is InChI=1S/C17H27N3O/c1-11-9-15(19(4)5)10-12(2)16(11)18-17(21)20(6)13(3)14-7-8-14/h9-10,13-14H,7-8H2,1-6H3,(H,18,21). The molecule has 2 rings (SSSR count). The first-order valence-corrected chi connectivity index (χ1v) is 7.63. The number of aryl methyl sites for hydroxylation is 2. The van der Waals surface area contributed by atoms with Gasteiger partial charge in [0.2, 0.25) is 0 Å². The average Bonchev–Trinajstić information content (AvgIpc) is 3.24. The number of anilines is 2. The third-order valence-corrected chi connectivity index (χ3v) is 4.50. The van der Waals surface area contributed by atoms with Crippen molar-refractivity contribution in [3.8, 4) is 0 Å². The third-order valence-electron chi connectivity index (χ3n) is 4.50. The summed E-state index contributed by atoms with van der Waals surface area (Å²) in [4.78, 5) is 16.3. The number of carbonyl (C=O) groups excluding carboxylic acids is 1. The summed E-state index contributed by atoms with van der Waals surface area (Å²) in [5, 5.41) is 3.08. The van der Waals surface area contributed by atoms with E-state index in [1.165, 1.54) is 12.8 Å². The molecule has 116 valence electrons. The molecule has 4 heteroatoms. The molecule has 0 saturated heterocycles. The summed E-state index contributed by atoms with van der Waals surface area (Å²) in [7, 11) is 5.94. The minimum Gasteiger partial charge on any atom is -0.378 e. The molecule has 0 heterocycles. The largest absolute Gasteiger partial charge is 0.378 e. The quantitative estimate of drug-likeness (QED) is 0.918. The minimum absolute atomic E-state index is 0.0156. The Bertz CT molecular complexity index is 512. The lowest BCUT2D eigenvalue weighted by Crippen LogP contribution is -2.39. The summed E-state index contributed by atoms with van der Waals surface area (Å²) >= 11 is 0. The number of urea groups is 1. The molecular formula is C17H27N3O. The van der Waals surface area contributed by atoms with Crippen LogP contribution in [0.1, 0.15) is 30.9 Å². The Kier molecular flexibility index (Phi) is 4.45. The highest BCUT2D eigenvalue weighted by molar-refractivity contribution is 5.91. The van der Waals surface area contributed by atoms with Crippen LogP contribution in [0.4, 0.5) is 16.2 Å². The van der Waals surface area contributed by atoms with Gasteiger partial charge < -0.3 is 15.1 Å². The Balaban J connectivity index is 2.13. The van der Waals surface area contributed by atoms with E-state index in [0.717, 1.165) is 22.5 Å². The molecule has 1 aromatic carbocycles. The van der Waals surface area contributed by atoms with Crippen LogP contribution >= 0.6 is 0 Å². The monoisotopic (exact) mass is 289 g/mol. The molecule has 1 unspecified atom stereocenters. The summed E-state index contributed by atoms with van der Waals surface area (Å²) in [6.45, 7) is 6.21. The van der Waals surface area contributed by atoms with Crippen molar-refractivity contribution in [2.45, 2.75) is 39.7 Å². The molecule has 1 N–H and O–H groups in total. The number of amides is 2. The van der Waals surface area contributed by atoms with Crippen LogP contribution in [0.2, 0.25) is 0 Å². The van der Waals surface area contributed by atoms with E-state index in [0.29, 0.717) is 12.0 Å². The zero-order chi connectivity index (χ0) is 15.7. The van der Waals surface area contributed by atoms with E-state index >= 15 is 0 Å². The van der Waals surface area contributed by atoms with Gasteiger partial charge in [-0.2, -0.15) is 0 Å². The maximum Gasteiger partial charge on any atom is 0.321 e. The maximum absolute atomic E-state index is 12.4. The Morgan fingerprint density at radius 3 is 2.14 bits per heavy atom. The van der Waals surface area contributed by atoms with E-state index in [1.54, 1.807) is 0 Å². The van der Waals surface area contributed by atoms with Crippen LogP contribution < -0.4 is 10.2 Å². The summed E-state index contributed by atoms with van der Waals surface area (Å²) in [6, 6.07) is 4.50. The Hall–Kier alpha value is -1.71. The molecule has 1 aliphatic carbocycles. The smallest absolute Gasteiger partial charge is 0.321 e. The van der Waals surface area contributed by atoms with Gasteiger partial charge >= 0.3 is 6.03 Å². The van der Waals surface area contributed by atoms with Crippen LogP contribution in [0, 0.1) is 19.8 Å². The second-order valence-electron chi connectivity index (χ2n) is 6.47. The summed E-state index contributed by atoms with van der Waals surface area (Å²) < 4.78 is 0. The van der Waals surface area contributed by atoms with Crippen molar-refractivity contribution in [3.63, 3.8) is 0 Å². The van der Waals surface area contributed by atoms with Gasteiger partial charge in [-0.25, -0.2) is 4.79 Å². The molecule has 21 heavy (non-hydrogen) atoms. The number of carbonyl (C=O) groups is 1. The lowest BCUT2D eigenvalue weighted by atomic mass is 10.1. The molecule has 4 nitrogen and oxygen atoms in total. The van der Waals surface area contributed by atoms with Crippen LogP contribution in [0.25, 0.3) is 0 Å². The Morgan fingerprint density at radius 1 is 1.19 bits per heavy atom. The summed E-state index contributed by atoms with van der Waals surface area (Å²) in [5.74, 6) is 0.680. The van der Waals surface area contributed by atoms with Gasteiger partial charge in [0.25, 0.3) is 0 Å². The number of hydrogen-bond donors (Lipinski definition) is 1. The molecule has 1 atom stereocenters. The molecule has 0 aromatic heterocycles. The van der Waals surface area contributed by atoms with Crippen molar-refractivity contribution in [3.05, 3.63) is 23.3 Å². The zero-order valence-corrected chi connectivity index (χ0v) is 14.0. The molecule has 0 spiro atoms. The second kappa shape index (κ2) is 5.96. The van der Waals surface area contributed by atoms with E-state index in [9.17, 15) is 4.79 Å². The Labute approximate surface area is 128 Å². The van der Waals surface area contributed by atoms with E-state index in [4.69, 9.17) is 0 Å². The maximum atomic E-state index is 12.4. The lowest BCUT2D eigenvalue weighted by Gasteiger charge is -2.26. The van der Waals surface area contributed by atoms with E-state index in [2.05, 4.69) is 29.3 Å². The average molecular weight is 289 g/mol. The second-order valence-corrected chi connectivity index (χ2v) is 6.47. The van der Waals surface area contributed by atoms with Gasteiger partial charge in [-0.15, -0.1) is 0 Å². The van der Waals surface area contributed by atoms with E-state index in [-0.39, 0.29) is 6.03 Å². The van der Waals surface area contributed by atoms with Gasteiger partial charge in [0.05, 0.1) is 0 Å². The van der Waals surface area contributed by atoms with Gasteiger partial charge in [0, 0.05) is 38.6 Å². The predicted octanol–water partition coefficient (Wildman–Crippen LogP) is 3.63. The molecule has 0 aliphatic heterocycles. The predicted molar refractivity (Wildman–Crippen MR) is 89.2 cm³/mol. The van der Waals surface area contributed by atoms with Crippen molar-refractivity contribution in [2.75, 3.05) is 31.4 Å². The number of nitrogens with one attached hydrogen (secondary N) is 1. The van der Waals surface area contributed by atoms with Gasteiger partial charge in [0.1, 0.15) is 0 Å². The topological polar surface area (TPSA) is 35.6 Å². The number of hydrogen-bond acceptors (Lipinski definition) is 2. The fraction of sp³-hybridized carbons (Fsp3) is 0.588. The fourth-order valence-electron chi connectivity index (χ4n) is 2.67. The van der Waals surface area contributed by atoms with Gasteiger partial charge in [-0.05, 0) is 62.8 Å². The van der Waals surface area contributed by atoms with Crippen molar-refractivity contribution in [1.82, 2.24) is 4.90 Å². The molecule has 0 radical (unpaired) electrons. The number of rotatable bonds is 4. The molecule has 0 bridgehead atoms. The highest BCUT2D eigenvalue weighted by Gasteiger charge is 2.32. The molecular weight excluding hydrogens is 262 g/mol. The Morgan fingerprint density at radius 2 is 1.71 bits per heavy atom. The van der Waals surface area contributed by atoms with Gasteiger partial charge in [0.15, 0.2) is 0 Å². The molecule has 1 aliphatic rings. The van der Waals surface area contributed by atoms with E-state index < -0.39 is 0 Å². The normalized spacial score (nSPS) is 15.5.